The largest absolute Gasteiger partial charge is 0.392 e. The molecule has 1 aliphatic heterocycles. The molecule has 100 valence electrons. The lowest BCUT2D eigenvalue weighted by atomic mass is 10.2. The van der Waals surface area contributed by atoms with E-state index in [-0.39, 0.29) is 18.2 Å². The minimum atomic E-state index is -0.508. The smallest absolute Gasteiger partial charge is 0.317 e. The van der Waals surface area contributed by atoms with Crippen LogP contribution in [0.15, 0.2) is 0 Å². The molecule has 0 saturated carbocycles. The normalized spacial score (nSPS) is 21.6. The van der Waals surface area contributed by atoms with E-state index in [1.807, 2.05) is 13.8 Å². The molecule has 0 spiro atoms. The topological polar surface area (TPSA) is 61.8 Å². The van der Waals surface area contributed by atoms with Crippen LogP contribution in [-0.2, 0) is 4.74 Å². The Hall–Kier alpha value is -0.810. The number of hydrogen-bond acceptors (Lipinski definition) is 3. The number of rotatable bonds is 5. The van der Waals surface area contributed by atoms with Gasteiger partial charge in [0.2, 0.25) is 0 Å². The van der Waals surface area contributed by atoms with Gasteiger partial charge in [0.05, 0.1) is 12.2 Å². The van der Waals surface area contributed by atoms with Crippen LogP contribution in [0.25, 0.3) is 0 Å². The van der Waals surface area contributed by atoms with Gasteiger partial charge in [-0.25, -0.2) is 4.79 Å². The lowest BCUT2D eigenvalue weighted by Gasteiger charge is -2.28. The molecule has 1 heterocycles. The van der Waals surface area contributed by atoms with E-state index in [0.717, 1.165) is 19.4 Å². The third-order valence-electron chi connectivity index (χ3n) is 2.85. The first kappa shape index (κ1) is 14.3. The van der Waals surface area contributed by atoms with Gasteiger partial charge < -0.3 is 20.1 Å². The molecule has 5 nitrogen and oxygen atoms in total. The summed E-state index contributed by atoms with van der Waals surface area (Å²) in [6, 6.07) is -0.0505. The molecule has 0 aromatic rings. The average Bonchev–Trinajstić information content (AvgIpc) is 2.74. The number of ether oxygens (including phenoxy) is 1. The van der Waals surface area contributed by atoms with E-state index >= 15 is 0 Å². The van der Waals surface area contributed by atoms with Crippen molar-refractivity contribution < 1.29 is 14.6 Å². The third kappa shape index (κ3) is 4.91. The predicted molar refractivity (Wildman–Crippen MR) is 65.9 cm³/mol. The maximum atomic E-state index is 11.9. The summed E-state index contributed by atoms with van der Waals surface area (Å²) in [4.78, 5) is 13.6. The van der Waals surface area contributed by atoms with Crippen LogP contribution in [0.3, 0.4) is 0 Å². The predicted octanol–water partition coefficient (Wildman–Crippen LogP) is 0.966. The Morgan fingerprint density at radius 1 is 1.53 bits per heavy atom. The van der Waals surface area contributed by atoms with E-state index in [9.17, 15) is 9.90 Å². The fraction of sp³-hybridized carbons (Fsp3) is 0.917. The minimum Gasteiger partial charge on any atom is -0.392 e. The molecule has 1 fully saturated rings. The van der Waals surface area contributed by atoms with Gasteiger partial charge in [-0.2, -0.15) is 0 Å². The molecule has 1 saturated heterocycles. The van der Waals surface area contributed by atoms with Gasteiger partial charge in [0, 0.05) is 25.7 Å². The molecule has 17 heavy (non-hydrogen) atoms. The molecule has 5 heteroatoms. The Bertz CT molecular complexity index is 238. The first-order chi connectivity index (χ1) is 8.00. The number of aliphatic hydroxyl groups is 1. The molecule has 2 N–H and O–H groups in total. The van der Waals surface area contributed by atoms with Gasteiger partial charge in [0.15, 0.2) is 0 Å². The highest BCUT2D eigenvalue weighted by atomic mass is 16.5. The number of amides is 2. The number of hydrogen-bond donors (Lipinski definition) is 2. The van der Waals surface area contributed by atoms with E-state index in [4.69, 9.17) is 4.74 Å². The second-order valence-corrected chi connectivity index (χ2v) is 4.92. The zero-order valence-corrected chi connectivity index (χ0v) is 11.0. The van der Waals surface area contributed by atoms with E-state index < -0.39 is 6.10 Å². The van der Waals surface area contributed by atoms with Crippen molar-refractivity contribution in [2.24, 2.45) is 0 Å². The second-order valence-electron chi connectivity index (χ2n) is 4.92. The zero-order chi connectivity index (χ0) is 12.8. The summed E-state index contributed by atoms with van der Waals surface area (Å²) in [5.41, 5.74) is 0. The Kier molecular flexibility index (Phi) is 5.71. The Morgan fingerprint density at radius 3 is 2.71 bits per heavy atom. The SMILES string of the molecule is CC(O)CN(C(=O)NCC1CCCO1)C(C)C. The summed E-state index contributed by atoms with van der Waals surface area (Å²) in [5.74, 6) is 0. The number of aliphatic hydroxyl groups excluding tert-OH is 1. The van der Waals surface area contributed by atoms with E-state index in [2.05, 4.69) is 5.32 Å². The van der Waals surface area contributed by atoms with Crippen molar-refractivity contribution in [1.82, 2.24) is 10.2 Å². The molecule has 1 aliphatic rings. The fourth-order valence-corrected chi connectivity index (χ4v) is 1.92. The highest BCUT2D eigenvalue weighted by molar-refractivity contribution is 5.74. The molecule has 0 aliphatic carbocycles. The number of urea groups is 1. The van der Waals surface area contributed by atoms with Crippen molar-refractivity contribution in [3.05, 3.63) is 0 Å². The molecule has 0 radical (unpaired) electrons. The zero-order valence-electron chi connectivity index (χ0n) is 11.0. The molecule has 0 aromatic carbocycles. The van der Waals surface area contributed by atoms with E-state index in [1.165, 1.54) is 0 Å². The van der Waals surface area contributed by atoms with Crippen molar-refractivity contribution in [1.29, 1.82) is 0 Å². The summed E-state index contributed by atoms with van der Waals surface area (Å²) in [6.45, 7) is 7.27. The number of nitrogens with zero attached hydrogens (tertiary/aromatic N) is 1. The van der Waals surface area contributed by atoms with Crippen LogP contribution < -0.4 is 5.32 Å². The van der Waals surface area contributed by atoms with Crippen molar-refractivity contribution in [3.63, 3.8) is 0 Å². The van der Waals surface area contributed by atoms with Gasteiger partial charge in [-0.1, -0.05) is 0 Å². The average molecular weight is 244 g/mol. The van der Waals surface area contributed by atoms with Gasteiger partial charge in [0.25, 0.3) is 0 Å². The lowest BCUT2D eigenvalue weighted by Crippen LogP contribution is -2.48. The van der Waals surface area contributed by atoms with E-state index in [1.54, 1.807) is 11.8 Å². The molecule has 2 atom stereocenters. The van der Waals surface area contributed by atoms with Gasteiger partial charge in [0.1, 0.15) is 0 Å². The molecule has 2 amide bonds. The maximum absolute atomic E-state index is 11.9. The van der Waals surface area contributed by atoms with Crippen molar-refractivity contribution in [2.75, 3.05) is 19.7 Å². The van der Waals surface area contributed by atoms with Crippen molar-refractivity contribution in [3.8, 4) is 0 Å². The second kappa shape index (κ2) is 6.81. The quantitative estimate of drug-likeness (QED) is 0.757. The molecular formula is C12H24N2O3. The standard InChI is InChI=1S/C12H24N2O3/c1-9(2)14(8-10(3)15)12(16)13-7-11-5-4-6-17-11/h9-11,15H,4-8H2,1-3H3,(H,13,16). The molecule has 1 rings (SSSR count). The minimum absolute atomic E-state index is 0.0779. The van der Waals surface area contributed by atoms with Gasteiger partial charge >= 0.3 is 6.03 Å². The molecular weight excluding hydrogens is 220 g/mol. The van der Waals surface area contributed by atoms with Crippen LogP contribution in [0.2, 0.25) is 0 Å². The number of carbonyl (C=O) groups excluding carboxylic acids is 1. The molecule has 2 unspecified atom stereocenters. The summed E-state index contributed by atoms with van der Waals surface area (Å²) in [6.07, 6.45) is 1.73. The Labute approximate surface area is 103 Å². The summed E-state index contributed by atoms with van der Waals surface area (Å²) >= 11 is 0. The molecule has 0 aromatic heterocycles. The first-order valence-corrected chi connectivity index (χ1v) is 6.35. The van der Waals surface area contributed by atoms with Gasteiger partial charge in [-0.3, -0.25) is 0 Å². The summed E-state index contributed by atoms with van der Waals surface area (Å²) < 4.78 is 5.44. The number of nitrogens with one attached hydrogen (secondary N) is 1. The van der Waals surface area contributed by atoms with Crippen molar-refractivity contribution in [2.45, 2.75) is 51.9 Å². The van der Waals surface area contributed by atoms with Crippen LogP contribution in [0.5, 0.6) is 0 Å². The van der Waals surface area contributed by atoms with Crippen molar-refractivity contribution >= 4 is 6.03 Å². The van der Waals surface area contributed by atoms with Gasteiger partial charge in [-0.05, 0) is 33.6 Å². The summed E-state index contributed by atoms with van der Waals surface area (Å²) in [7, 11) is 0. The van der Waals surface area contributed by atoms with Crippen LogP contribution in [0.1, 0.15) is 33.6 Å². The highest BCUT2D eigenvalue weighted by Gasteiger charge is 2.21. The molecule has 0 bridgehead atoms. The van der Waals surface area contributed by atoms with E-state index in [0.29, 0.717) is 13.1 Å². The first-order valence-electron chi connectivity index (χ1n) is 6.35. The van der Waals surface area contributed by atoms with Crippen LogP contribution >= 0.6 is 0 Å². The Morgan fingerprint density at radius 2 is 2.24 bits per heavy atom. The van der Waals surface area contributed by atoms with Crippen LogP contribution in [-0.4, -0.2) is 54.0 Å². The highest BCUT2D eigenvalue weighted by Crippen LogP contribution is 2.11. The fourth-order valence-electron chi connectivity index (χ4n) is 1.92. The maximum Gasteiger partial charge on any atom is 0.317 e. The lowest BCUT2D eigenvalue weighted by molar-refractivity contribution is 0.0997. The van der Waals surface area contributed by atoms with Crippen LogP contribution in [0, 0.1) is 0 Å². The third-order valence-corrected chi connectivity index (χ3v) is 2.85. The monoisotopic (exact) mass is 244 g/mol. The van der Waals surface area contributed by atoms with Gasteiger partial charge in [-0.15, -0.1) is 0 Å². The van der Waals surface area contributed by atoms with Crippen LogP contribution in [0.4, 0.5) is 4.79 Å². The Balaban J connectivity index is 2.35. The number of carbonyl (C=O) groups is 1. The summed E-state index contributed by atoms with van der Waals surface area (Å²) in [5, 5.41) is 12.2.